The molecule has 0 aromatic rings. The Morgan fingerprint density at radius 3 is 3.07 bits per heavy atom. The maximum Gasteiger partial charge on any atom is 0.0906 e. The highest BCUT2D eigenvalue weighted by atomic mass is 15.1. The molecule has 0 radical (unpaired) electrons. The van der Waals surface area contributed by atoms with E-state index in [9.17, 15) is 0 Å². The van der Waals surface area contributed by atoms with Crippen molar-refractivity contribution < 1.29 is 0 Å². The molecule has 1 rings (SSSR count). The van der Waals surface area contributed by atoms with Crippen molar-refractivity contribution in [2.45, 2.75) is 6.92 Å². The van der Waals surface area contributed by atoms with Crippen LogP contribution in [0.15, 0.2) is 29.0 Å². The molecule has 0 saturated heterocycles. The summed E-state index contributed by atoms with van der Waals surface area (Å²) < 4.78 is 0. The smallest absolute Gasteiger partial charge is 0.0906 e. The van der Waals surface area contributed by atoms with Crippen LogP contribution in [0, 0.1) is 0 Å². The van der Waals surface area contributed by atoms with Crippen molar-refractivity contribution in [2.24, 2.45) is 10.7 Å². The summed E-state index contributed by atoms with van der Waals surface area (Å²) in [6, 6.07) is 0. The van der Waals surface area contributed by atoms with Crippen LogP contribution in [0.1, 0.15) is 6.92 Å². The van der Waals surface area contributed by atoms with Crippen molar-refractivity contribution in [3.63, 3.8) is 0 Å². The molecule has 0 spiro atoms. The van der Waals surface area contributed by atoms with Crippen molar-refractivity contribution in [2.75, 3.05) is 26.7 Å². The predicted octanol–water partition coefficient (Wildman–Crippen LogP) is 0.296. The summed E-state index contributed by atoms with van der Waals surface area (Å²) in [6.07, 6.45) is 6.27. The highest BCUT2D eigenvalue weighted by Gasteiger charge is 1.98. The molecule has 0 saturated carbocycles. The molecule has 0 fully saturated rings. The van der Waals surface area contributed by atoms with E-state index >= 15 is 0 Å². The molecule has 0 aromatic carbocycles. The largest absolute Gasteiger partial charge is 0.388 e. The summed E-state index contributed by atoms with van der Waals surface area (Å²) >= 11 is 0. The van der Waals surface area contributed by atoms with Gasteiger partial charge in [-0.1, -0.05) is 0 Å². The molecule has 1 aliphatic rings. The summed E-state index contributed by atoms with van der Waals surface area (Å²) in [4.78, 5) is 6.21. The van der Waals surface area contributed by atoms with Gasteiger partial charge in [-0.15, -0.1) is 0 Å². The van der Waals surface area contributed by atoms with Gasteiger partial charge in [-0.2, -0.15) is 0 Å². The predicted molar refractivity (Wildman–Crippen MR) is 60.0 cm³/mol. The van der Waals surface area contributed by atoms with Gasteiger partial charge in [0, 0.05) is 32.0 Å². The summed E-state index contributed by atoms with van der Waals surface area (Å²) in [5.74, 6) is 0.639. The number of nitrogens with one attached hydrogen (secondary N) is 1. The van der Waals surface area contributed by atoms with E-state index in [1.807, 2.05) is 7.05 Å². The summed E-state index contributed by atoms with van der Waals surface area (Å²) in [6.45, 7) is 4.31. The minimum Gasteiger partial charge on any atom is -0.388 e. The SMILES string of the molecule is CC(N)=NCCNC1=CCN(C)C=C1. The Kier molecular flexibility index (Phi) is 4.04. The third-order valence-corrected chi connectivity index (χ3v) is 1.91. The van der Waals surface area contributed by atoms with E-state index in [2.05, 4.69) is 33.6 Å². The Morgan fingerprint density at radius 2 is 2.50 bits per heavy atom. The van der Waals surface area contributed by atoms with E-state index in [4.69, 9.17) is 5.73 Å². The number of hydrogen-bond acceptors (Lipinski definition) is 3. The molecule has 1 aliphatic heterocycles. The minimum absolute atomic E-state index is 0.639. The summed E-state index contributed by atoms with van der Waals surface area (Å²) in [7, 11) is 2.05. The third kappa shape index (κ3) is 3.98. The monoisotopic (exact) mass is 194 g/mol. The fraction of sp³-hybridized carbons (Fsp3) is 0.500. The number of likely N-dealkylation sites (N-methyl/N-ethyl adjacent to an activating group) is 1. The average Bonchev–Trinajstić information content (AvgIpc) is 2.15. The molecule has 1 heterocycles. The van der Waals surface area contributed by atoms with Gasteiger partial charge in [0.25, 0.3) is 0 Å². The van der Waals surface area contributed by atoms with Gasteiger partial charge >= 0.3 is 0 Å². The second kappa shape index (κ2) is 5.32. The van der Waals surface area contributed by atoms with Crippen molar-refractivity contribution in [1.29, 1.82) is 0 Å². The van der Waals surface area contributed by atoms with Gasteiger partial charge in [0.05, 0.1) is 12.4 Å². The zero-order chi connectivity index (χ0) is 10.4. The van der Waals surface area contributed by atoms with E-state index in [1.54, 1.807) is 6.92 Å². The molecule has 78 valence electrons. The van der Waals surface area contributed by atoms with Gasteiger partial charge in [-0.05, 0) is 19.1 Å². The lowest BCUT2D eigenvalue weighted by Gasteiger charge is -2.17. The molecule has 0 atom stereocenters. The fourth-order valence-corrected chi connectivity index (χ4v) is 1.14. The molecular formula is C10H18N4. The quantitative estimate of drug-likeness (QED) is 0.384. The molecule has 0 aromatic heterocycles. The highest BCUT2D eigenvalue weighted by molar-refractivity contribution is 5.77. The summed E-state index contributed by atoms with van der Waals surface area (Å²) in [5.41, 5.74) is 6.58. The number of aliphatic imine (C=N–C) groups is 1. The fourth-order valence-electron chi connectivity index (χ4n) is 1.14. The highest BCUT2D eigenvalue weighted by Crippen LogP contribution is 2.00. The second-order valence-electron chi connectivity index (χ2n) is 3.36. The minimum atomic E-state index is 0.639. The maximum absolute atomic E-state index is 5.42. The Morgan fingerprint density at radius 1 is 1.71 bits per heavy atom. The lowest BCUT2D eigenvalue weighted by atomic mass is 10.3. The molecule has 0 bridgehead atoms. The Hall–Kier alpha value is -1.45. The van der Waals surface area contributed by atoms with Crippen LogP contribution in [0.5, 0.6) is 0 Å². The normalized spacial score (nSPS) is 16.9. The van der Waals surface area contributed by atoms with Gasteiger partial charge in [-0.25, -0.2) is 0 Å². The lowest BCUT2D eigenvalue weighted by Crippen LogP contribution is -2.22. The van der Waals surface area contributed by atoms with Crippen LogP contribution in [0.25, 0.3) is 0 Å². The zero-order valence-electron chi connectivity index (χ0n) is 8.83. The van der Waals surface area contributed by atoms with Gasteiger partial charge < -0.3 is 16.0 Å². The zero-order valence-corrected chi connectivity index (χ0v) is 8.83. The van der Waals surface area contributed by atoms with Crippen molar-refractivity contribution in [3.05, 3.63) is 24.0 Å². The van der Waals surface area contributed by atoms with Crippen molar-refractivity contribution >= 4 is 5.84 Å². The van der Waals surface area contributed by atoms with Gasteiger partial charge in [0.15, 0.2) is 0 Å². The van der Waals surface area contributed by atoms with E-state index in [0.29, 0.717) is 5.84 Å². The third-order valence-electron chi connectivity index (χ3n) is 1.91. The molecule has 14 heavy (non-hydrogen) atoms. The molecular weight excluding hydrogens is 176 g/mol. The number of nitrogens with zero attached hydrogens (tertiary/aromatic N) is 2. The molecule has 3 N–H and O–H groups in total. The van der Waals surface area contributed by atoms with Gasteiger partial charge in [-0.3, -0.25) is 4.99 Å². The first-order valence-corrected chi connectivity index (χ1v) is 4.77. The number of allylic oxidation sites excluding steroid dienone is 1. The number of amidine groups is 1. The van der Waals surface area contributed by atoms with Crippen molar-refractivity contribution in [1.82, 2.24) is 10.2 Å². The van der Waals surface area contributed by atoms with Gasteiger partial charge in [0.1, 0.15) is 0 Å². The number of rotatable bonds is 4. The standard InChI is InChI=1S/C10H18N4/c1-9(11)12-5-6-13-10-3-7-14(2)8-4-10/h3-4,7,13H,5-6,8H2,1-2H3,(H2,11,12). The van der Waals surface area contributed by atoms with Crippen LogP contribution >= 0.6 is 0 Å². The van der Waals surface area contributed by atoms with Crippen LogP contribution in [0.2, 0.25) is 0 Å². The topological polar surface area (TPSA) is 53.6 Å². The molecule has 4 nitrogen and oxygen atoms in total. The summed E-state index contributed by atoms with van der Waals surface area (Å²) in [5, 5.41) is 3.28. The number of hydrogen-bond donors (Lipinski definition) is 2. The average molecular weight is 194 g/mol. The van der Waals surface area contributed by atoms with Crippen LogP contribution in [-0.2, 0) is 0 Å². The van der Waals surface area contributed by atoms with Crippen LogP contribution in [0.3, 0.4) is 0 Å². The van der Waals surface area contributed by atoms with Crippen molar-refractivity contribution in [3.8, 4) is 0 Å². The lowest BCUT2D eigenvalue weighted by molar-refractivity contribution is 0.499. The molecule has 0 amide bonds. The second-order valence-corrected chi connectivity index (χ2v) is 3.36. The first-order chi connectivity index (χ1) is 6.68. The van der Waals surface area contributed by atoms with E-state index < -0.39 is 0 Å². The van der Waals surface area contributed by atoms with Gasteiger partial charge in [0.2, 0.25) is 0 Å². The Balaban J connectivity index is 2.20. The van der Waals surface area contributed by atoms with Crippen LogP contribution in [0.4, 0.5) is 0 Å². The molecule has 0 unspecified atom stereocenters. The molecule has 0 aliphatic carbocycles. The molecule has 4 heteroatoms. The Labute approximate surface area is 85.2 Å². The van der Waals surface area contributed by atoms with Crippen LogP contribution < -0.4 is 11.1 Å². The maximum atomic E-state index is 5.42. The van der Waals surface area contributed by atoms with Crippen LogP contribution in [-0.4, -0.2) is 37.4 Å². The van der Waals surface area contributed by atoms with E-state index in [1.165, 1.54) is 0 Å². The first-order valence-electron chi connectivity index (χ1n) is 4.77. The number of nitrogens with two attached hydrogens (primary N) is 1. The van der Waals surface area contributed by atoms with E-state index in [0.717, 1.165) is 25.3 Å². The Bertz CT molecular complexity index is 261. The van der Waals surface area contributed by atoms with E-state index in [-0.39, 0.29) is 0 Å². The first kappa shape index (κ1) is 10.6.